The maximum Gasteiger partial charge on any atom is 0.353 e. The number of furan rings is 1. The molecule has 0 amide bonds. The van der Waals surface area contributed by atoms with Gasteiger partial charge in [-0.2, -0.15) is 0 Å². The third-order valence-corrected chi connectivity index (χ3v) is 4.74. The molecule has 0 saturated carbocycles. The zero-order valence-corrected chi connectivity index (χ0v) is 16.5. The largest absolute Gasteiger partial charge is 0.467 e. The van der Waals surface area contributed by atoms with E-state index in [1.54, 1.807) is 24.0 Å². The van der Waals surface area contributed by atoms with Crippen molar-refractivity contribution in [3.63, 3.8) is 0 Å². The van der Waals surface area contributed by atoms with Crippen LogP contribution in [0.4, 0.5) is 17.3 Å². The fourth-order valence-electron chi connectivity index (χ4n) is 3.40. The van der Waals surface area contributed by atoms with E-state index in [-0.39, 0.29) is 43.6 Å². The molecule has 0 aromatic carbocycles. The lowest BCUT2D eigenvalue weighted by Gasteiger charge is -2.29. The fraction of sp³-hybridized carbons (Fsp3) is 0.526. The SMILES string of the molecule is CCOC(=O)CCN(Cc1ccco1)c1ncnc(N2CCCCC2)c1[N+](=O)[O-]. The fourth-order valence-corrected chi connectivity index (χ4v) is 3.40. The van der Waals surface area contributed by atoms with E-state index in [9.17, 15) is 14.9 Å². The molecule has 1 aliphatic heterocycles. The van der Waals surface area contributed by atoms with E-state index in [2.05, 4.69) is 9.97 Å². The van der Waals surface area contributed by atoms with Crippen LogP contribution in [0.1, 0.15) is 38.4 Å². The Morgan fingerprint density at radius 1 is 1.34 bits per heavy atom. The number of anilines is 2. The standard InChI is InChI=1S/C19H25N5O5/c1-2-28-16(25)8-11-23(13-15-7-6-12-29-15)19-17(24(26)27)18(20-14-21-19)22-9-4-3-5-10-22/h6-7,12,14H,2-5,8-11,13H2,1H3. The first-order valence-corrected chi connectivity index (χ1v) is 9.77. The normalized spacial score (nSPS) is 13.9. The molecule has 0 bridgehead atoms. The maximum atomic E-state index is 12.0. The molecule has 0 N–H and O–H groups in total. The van der Waals surface area contributed by atoms with Crippen LogP contribution >= 0.6 is 0 Å². The van der Waals surface area contributed by atoms with Crippen molar-refractivity contribution in [1.29, 1.82) is 0 Å². The van der Waals surface area contributed by atoms with E-state index >= 15 is 0 Å². The molecule has 3 heterocycles. The van der Waals surface area contributed by atoms with E-state index in [1.165, 1.54) is 12.6 Å². The predicted octanol–water partition coefficient (Wildman–Crippen LogP) is 2.93. The maximum absolute atomic E-state index is 12.0. The number of aromatic nitrogens is 2. The van der Waals surface area contributed by atoms with Gasteiger partial charge in [-0.1, -0.05) is 0 Å². The van der Waals surface area contributed by atoms with Crippen LogP contribution < -0.4 is 9.80 Å². The van der Waals surface area contributed by atoms with Gasteiger partial charge in [-0.25, -0.2) is 9.97 Å². The summed E-state index contributed by atoms with van der Waals surface area (Å²) in [6.45, 7) is 3.90. The third-order valence-electron chi connectivity index (χ3n) is 4.74. The zero-order valence-electron chi connectivity index (χ0n) is 16.5. The molecule has 29 heavy (non-hydrogen) atoms. The van der Waals surface area contributed by atoms with Crippen LogP contribution in [0, 0.1) is 10.1 Å². The molecule has 0 unspecified atom stereocenters. The lowest BCUT2D eigenvalue weighted by molar-refractivity contribution is -0.383. The lowest BCUT2D eigenvalue weighted by Crippen LogP contribution is -2.32. The van der Waals surface area contributed by atoms with E-state index in [4.69, 9.17) is 9.15 Å². The summed E-state index contributed by atoms with van der Waals surface area (Å²) < 4.78 is 10.4. The molecule has 10 nitrogen and oxygen atoms in total. The molecule has 1 saturated heterocycles. The number of hydrogen-bond donors (Lipinski definition) is 0. The number of nitro groups is 1. The van der Waals surface area contributed by atoms with Crippen LogP contribution in [0.5, 0.6) is 0 Å². The van der Waals surface area contributed by atoms with Crippen LogP contribution in [-0.2, 0) is 16.1 Å². The molecule has 0 aliphatic carbocycles. The Kier molecular flexibility index (Phi) is 6.99. The van der Waals surface area contributed by atoms with Crippen molar-refractivity contribution in [2.75, 3.05) is 36.0 Å². The molecule has 2 aromatic heterocycles. The lowest BCUT2D eigenvalue weighted by atomic mass is 10.1. The van der Waals surface area contributed by atoms with Crippen molar-refractivity contribution in [1.82, 2.24) is 9.97 Å². The molecule has 1 fully saturated rings. The highest BCUT2D eigenvalue weighted by Crippen LogP contribution is 2.36. The van der Waals surface area contributed by atoms with Gasteiger partial charge in [0.25, 0.3) is 0 Å². The first-order valence-electron chi connectivity index (χ1n) is 9.77. The highest BCUT2D eigenvalue weighted by atomic mass is 16.6. The van der Waals surface area contributed by atoms with Crippen LogP contribution in [0.25, 0.3) is 0 Å². The van der Waals surface area contributed by atoms with Gasteiger partial charge in [-0.05, 0) is 38.3 Å². The minimum Gasteiger partial charge on any atom is -0.467 e. The molecule has 2 aromatic rings. The number of hydrogen-bond acceptors (Lipinski definition) is 9. The first kappa shape index (κ1) is 20.6. The molecule has 0 spiro atoms. The quantitative estimate of drug-likeness (QED) is 0.354. The summed E-state index contributed by atoms with van der Waals surface area (Å²) in [5.41, 5.74) is -0.148. The molecule has 10 heteroatoms. The predicted molar refractivity (Wildman–Crippen MR) is 106 cm³/mol. The summed E-state index contributed by atoms with van der Waals surface area (Å²) in [5, 5.41) is 12.0. The summed E-state index contributed by atoms with van der Waals surface area (Å²) in [7, 11) is 0. The van der Waals surface area contributed by atoms with Gasteiger partial charge in [-0.15, -0.1) is 0 Å². The second-order valence-electron chi connectivity index (χ2n) is 6.73. The number of esters is 1. The molecule has 0 radical (unpaired) electrons. The second-order valence-corrected chi connectivity index (χ2v) is 6.73. The number of nitrogens with zero attached hydrogens (tertiary/aromatic N) is 5. The topological polar surface area (TPSA) is 115 Å². The van der Waals surface area contributed by atoms with E-state index in [0.29, 0.717) is 11.6 Å². The third kappa shape index (κ3) is 5.21. The van der Waals surface area contributed by atoms with Crippen LogP contribution in [-0.4, -0.2) is 47.1 Å². The molecule has 156 valence electrons. The van der Waals surface area contributed by atoms with Gasteiger partial charge >= 0.3 is 11.7 Å². The Labute approximate surface area is 168 Å². The van der Waals surface area contributed by atoms with Crippen molar-refractivity contribution in [3.05, 3.63) is 40.6 Å². The van der Waals surface area contributed by atoms with Gasteiger partial charge in [0, 0.05) is 19.6 Å². The number of piperidine rings is 1. The van der Waals surface area contributed by atoms with Crippen LogP contribution in [0.3, 0.4) is 0 Å². The zero-order chi connectivity index (χ0) is 20.6. The Morgan fingerprint density at radius 3 is 2.79 bits per heavy atom. The number of carbonyl (C=O) groups excluding carboxylic acids is 1. The number of ether oxygens (including phenoxy) is 1. The monoisotopic (exact) mass is 403 g/mol. The highest BCUT2D eigenvalue weighted by molar-refractivity contribution is 5.73. The van der Waals surface area contributed by atoms with E-state index < -0.39 is 4.92 Å². The smallest absolute Gasteiger partial charge is 0.353 e. The van der Waals surface area contributed by atoms with Gasteiger partial charge in [0.15, 0.2) is 0 Å². The van der Waals surface area contributed by atoms with Crippen molar-refractivity contribution in [3.8, 4) is 0 Å². The van der Waals surface area contributed by atoms with Crippen molar-refractivity contribution in [2.24, 2.45) is 0 Å². The second kappa shape index (κ2) is 9.85. The first-order chi connectivity index (χ1) is 14.1. The minimum absolute atomic E-state index is 0.0781. The average molecular weight is 403 g/mol. The summed E-state index contributed by atoms with van der Waals surface area (Å²) in [5.74, 6) is 0.734. The minimum atomic E-state index is -0.446. The van der Waals surface area contributed by atoms with Gasteiger partial charge in [-0.3, -0.25) is 14.9 Å². The Morgan fingerprint density at radius 2 is 2.14 bits per heavy atom. The number of carbonyl (C=O) groups is 1. The van der Waals surface area contributed by atoms with Crippen molar-refractivity contribution >= 4 is 23.3 Å². The number of rotatable bonds is 9. The van der Waals surface area contributed by atoms with Crippen LogP contribution in [0.15, 0.2) is 29.1 Å². The van der Waals surface area contributed by atoms with E-state index in [0.717, 1.165) is 32.4 Å². The summed E-state index contributed by atoms with van der Waals surface area (Å²) in [6.07, 6.45) is 5.99. The molecular weight excluding hydrogens is 378 g/mol. The summed E-state index contributed by atoms with van der Waals surface area (Å²) in [4.78, 5) is 35.4. The summed E-state index contributed by atoms with van der Waals surface area (Å²) in [6, 6.07) is 3.52. The van der Waals surface area contributed by atoms with Crippen LogP contribution in [0.2, 0.25) is 0 Å². The average Bonchev–Trinajstić information content (AvgIpc) is 3.24. The Hall–Kier alpha value is -3.17. The summed E-state index contributed by atoms with van der Waals surface area (Å²) >= 11 is 0. The van der Waals surface area contributed by atoms with Crippen molar-refractivity contribution in [2.45, 2.75) is 39.2 Å². The molecule has 1 aliphatic rings. The van der Waals surface area contributed by atoms with Gasteiger partial charge in [0.05, 0.1) is 30.8 Å². The molecule has 0 atom stereocenters. The van der Waals surface area contributed by atoms with Gasteiger partial charge in [0.2, 0.25) is 11.6 Å². The van der Waals surface area contributed by atoms with Gasteiger partial charge in [0.1, 0.15) is 12.1 Å². The van der Waals surface area contributed by atoms with E-state index in [1.807, 2.05) is 4.90 Å². The highest BCUT2D eigenvalue weighted by Gasteiger charge is 2.31. The Balaban J connectivity index is 1.94. The Bertz CT molecular complexity index is 820. The molecule has 3 rings (SSSR count). The van der Waals surface area contributed by atoms with Crippen molar-refractivity contribution < 1.29 is 18.9 Å². The molecular formula is C19H25N5O5. The van der Waals surface area contributed by atoms with Gasteiger partial charge < -0.3 is 19.0 Å².